The average molecular weight is 352 g/mol. The Labute approximate surface area is 148 Å². The fourth-order valence-electron chi connectivity index (χ4n) is 2.33. The lowest BCUT2D eigenvalue weighted by Gasteiger charge is -2.06. The highest BCUT2D eigenvalue weighted by atomic mass is 32.2. The van der Waals surface area contributed by atoms with Crippen molar-refractivity contribution >= 4 is 17.5 Å². The molecular formula is C19H16N2O3S. The molecule has 2 N–H and O–H groups in total. The van der Waals surface area contributed by atoms with Crippen LogP contribution in [0.4, 0.5) is 0 Å². The number of rotatable bonds is 5. The fraction of sp³-hybridized carbons (Fsp3) is 0.105. The minimum absolute atomic E-state index is 0.0701. The summed E-state index contributed by atoms with van der Waals surface area (Å²) >= 11 is 1.08. The van der Waals surface area contributed by atoms with E-state index in [1.807, 2.05) is 25.1 Å². The third kappa shape index (κ3) is 3.97. The number of aromatic nitrogens is 2. The van der Waals surface area contributed by atoms with Gasteiger partial charge in [-0.05, 0) is 12.5 Å². The number of nitrogens with zero attached hydrogens (tertiary/aromatic N) is 1. The summed E-state index contributed by atoms with van der Waals surface area (Å²) in [6.45, 7) is 1.95. The summed E-state index contributed by atoms with van der Waals surface area (Å²) in [7, 11) is 0. The summed E-state index contributed by atoms with van der Waals surface area (Å²) in [5.74, 6) is -0.296. The Hall–Kier alpha value is -2.86. The van der Waals surface area contributed by atoms with Gasteiger partial charge < -0.3 is 10.1 Å². The van der Waals surface area contributed by atoms with Crippen LogP contribution in [0.5, 0.6) is 5.88 Å². The van der Waals surface area contributed by atoms with Crippen molar-refractivity contribution in [3.8, 4) is 17.0 Å². The van der Waals surface area contributed by atoms with E-state index >= 15 is 0 Å². The van der Waals surface area contributed by atoms with Crippen molar-refractivity contribution in [2.45, 2.75) is 12.1 Å². The molecule has 3 rings (SSSR count). The van der Waals surface area contributed by atoms with Crippen LogP contribution in [0.1, 0.15) is 15.9 Å². The van der Waals surface area contributed by atoms with Crippen LogP contribution in [0.3, 0.4) is 0 Å². The van der Waals surface area contributed by atoms with Crippen LogP contribution in [0, 0.1) is 6.92 Å². The van der Waals surface area contributed by atoms with E-state index in [0.717, 1.165) is 17.3 Å². The number of aromatic hydroxyl groups is 1. The number of thioether (sulfide) groups is 1. The molecule has 0 saturated carbocycles. The quantitative estimate of drug-likeness (QED) is 0.418. The molecule has 126 valence electrons. The molecule has 0 aliphatic rings. The predicted molar refractivity (Wildman–Crippen MR) is 98.2 cm³/mol. The number of aryl methyl sites for hydroxylation is 1. The summed E-state index contributed by atoms with van der Waals surface area (Å²) in [6.07, 6.45) is 0. The SMILES string of the molecule is Cc1ccc(C(=O)CSc2nc(O)c(-c3ccccc3)c(=O)[nH]2)cc1. The van der Waals surface area contributed by atoms with Gasteiger partial charge in [-0.15, -0.1) is 0 Å². The highest BCUT2D eigenvalue weighted by Crippen LogP contribution is 2.25. The van der Waals surface area contributed by atoms with Gasteiger partial charge in [0.1, 0.15) is 5.56 Å². The van der Waals surface area contributed by atoms with Crippen LogP contribution in [0.2, 0.25) is 0 Å². The van der Waals surface area contributed by atoms with E-state index in [-0.39, 0.29) is 28.1 Å². The van der Waals surface area contributed by atoms with Gasteiger partial charge in [0.15, 0.2) is 10.9 Å². The first-order chi connectivity index (χ1) is 12.0. The van der Waals surface area contributed by atoms with Crippen molar-refractivity contribution in [2.75, 3.05) is 5.75 Å². The zero-order valence-corrected chi connectivity index (χ0v) is 14.3. The molecule has 3 aromatic rings. The van der Waals surface area contributed by atoms with Crippen LogP contribution in [-0.4, -0.2) is 26.6 Å². The smallest absolute Gasteiger partial charge is 0.263 e. The number of H-pyrrole nitrogens is 1. The molecule has 0 fully saturated rings. The number of aromatic amines is 1. The fourth-order valence-corrected chi connectivity index (χ4v) is 3.08. The Morgan fingerprint density at radius 1 is 1.12 bits per heavy atom. The largest absolute Gasteiger partial charge is 0.493 e. The zero-order chi connectivity index (χ0) is 17.8. The van der Waals surface area contributed by atoms with Gasteiger partial charge in [0.2, 0.25) is 5.88 Å². The lowest BCUT2D eigenvalue weighted by Crippen LogP contribution is -2.12. The monoisotopic (exact) mass is 352 g/mol. The van der Waals surface area contributed by atoms with E-state index in [0.29, 0.717) is 11.1 Å². The molecule has 0 aliphatic carbocycles. The normalized spacial score (nSPS) is 10.6. The Morgan fingerprint density at radius 3 is 2.44 bits per heavy atom. The molecule has 5 nitrogen and oxygen atoms in total. The van der Waals surface area contributed by atoms with Crippen molar-refractivity contribution in [3.05, 3.63) is 76.1 Å². The Kier molecular flexibility index (Phi) is 5.00. The number of nitrogens with one attached hydrogen (secondary N) is 1. The molecule has 0 atom stereocenters. The van der Waals surface area contributed by atoms with Gasteiger partial charge in [-0.2, -0.15) is 4.98 Å². The topological polar surface area (TPSA) is 83.0 Å². The molecule has 2 aromatic carbocycles. The number of ketones is 1. The first-order valence-electron chi connectivity index (χ1n) is 7.66. The minimum atomic E-state index is -0.441. The highest BCUT2D eigenvalue weighted by molar-refractivity contribution is 7.99. The van der Waals surface area contributed by atoms with Crippen LogP contribution < -0.4 is 5.56 Å². The van der Waals surface area contributed by atoms with Gasteiger partial charge in [0, 0.05) is 5.56 Å². The minimum Gasteiger partial charge on any atom is -0.493 e. The number of carbonyl (C=O) groups is 1. The van der Waals surface area contributed by atoms with Gasteiger partial charge in [-0.25, -0.2) is 0 Å². The summed E-state index contributed by atoms with van der Waals surface area (Å²) < 4.78 is 0. The molecular weight excluding hydrogens is 336 g/mol. The predicted octanol–water partition coefficient (Wildman–Crippen LogP) is 3.43. The first kappa shape index (κ1) is 17.0. The third-order valence-electron chi connectivity index (χ3n) is 3.65. The molecule has 6 heteroatoms. The molecule has 0 aliphatic heterocycles. The maximum Gasteiger partial charge on any atom is 0.263 e. The molecule has 1 heterocycles. The number of hydrogen-bond donors (Lipinski definition) is 2. The van der Waals surface area contributed by atoms with Crippen molar-refractivity contribution in [1.82, 2.24) is 9.97 Å². The van der Waals surface area contributed by atoms with Crippen molar-refractivity contribution in [1.29, 1.82) is 0 Å². The second-order valence-corrected chi connectivity index (χ2v) is 6.48. The van der Waals surface area contributed by atoms with Crippen LogP contribution in [-0.2, 0) is 0 Å². The second-order valence-electron chi connectivity index (χ2n) is 5.51. The van der Waals surface area contributed by atoms with Gasteiger partial charge in [0.25, 0.3) is 5.56 Å². The maximum atomic E-state index is 12.3. The Bertz CT molecular complexity index is 951. The zero-order valence-electron chi connectivity index (χ0n) is 13.5. The van der Waals surface area contributed by atoms with Gasteiger partial charge >= 0.3 is 0 Å². The van der Waals surface area contributed by atoms with E-state index in [2.05, 4.69) is 9.97 Å². The first-order valence-corrected chi connectivity index (χ1v) is 8.64. The molecule has 25 heavy (non-hydrogen) atoms. The van der Waals surface area contributed by atoms with Crippen molar-refractivity contribution in [3.63, 3.8) is 0 Å². The molecule has 0 radical (unpaired) electrons. The van der Waals surface area contributed by atoms with E-state index in [9.17, 15) is 14.7 Å². The van der Waals surface area contributed by atoms with Gasteiger partial charge in [-0.1, -0.05) is 71.9 Å². The van der Waals surface area contributed by atoms with E-state index < -0.39 is 5.56 Å². The molecule has 0 bridgehead atoms. The average Bonchev–Trinajstić information content (AvgIpc) is 2.61. The van der Waals surface area contributed by atoms with E-state index in [4.69, 9.17) is 0 Å². The second kappa shape index (κ2) is 7.36. The lowest BCUT2D eigenvalue weighted by molar-refractivity contribution is 0.102. The molecule has 0 spiro atoms. The summed E-state index contributed by atoms with van der Waals surface area (Å²) in [5, 5.41) is 10.3. The maximum absolute atomic E-state index is 12.3. The third-order valence-corrected chi connectivity index (χ3v) is 4.53. The van der Waals surface area contributed by atoms with Crippen LogP contribution in [0.15, 0.2) is 64.5 Å². The Balaban J connectivity index is 1.77. The number of carbonyl (C=O) groups excluding carboxylic acids is 1. The summed E-state index contributed by atoms with van der Waals surface area (Å²) in [6, 6.07) is 16.1. The van der Waals surface area contributed by atoms with Crippen LogP contribution >= 0.6 is 11.8 Å². The Morgan fingerprint density at radius 2 is 1.80 bits per heavy atom. The molecule has 0 saturated heterocycles. The summed E-state index contributed by atoms with van der Waals surface area (Å²) in [4.78, 5) is 31.1. The molecule has 0 unspecified atom stereocenters. The standard InChI is InChI=1S/C19H16N2O3S/c1-12-7-9-13(10-8-12)15(22)11-25-19-20-17(23)16(18(24)21-19)14-5-3-2-4-6-14/h2-10H,11H2,1H3,(H2,20,21,23,24). The van der Waals surface area contributed by atoms with Gasteiger partial charge in [0.05, 0.1) is 5.75 Å². The molecule has 1 aromatic heterocycles. The van der Waals surface area contributed by atoms with Crippen LogP contribution in [0.25, 0.3) is 11.1 Å². The van der Waals surface area contributed by atoms with E-state index in [1.165, 1.54) is 0 Å². The molecule has 0 amide bonds. The lowest BCUT2D eigenvalue weighted by atomic mass is 10.1. The van der Waals surface area contributed by atoms with E-state index in [1.54, 1.807) is 36.4 Å². The summed E-state index contributed by atoms with van der Waals surface area (Å²) in [5.41, 5.74) is 1.95. The van der Waals surface area contributed by atoms with Crippen molar-refractivity contribution in [2.24, 2.45) is 0 Å². The highest BCUT2D eigenvalue weighted by Gasteiger charge is 2.14. The number of hydrogen-bond acceptors (Lipinski definition) is 5. The van der Waals surface area contributed by atoms with Crippen molar-refractivity contribution < 1.29 is 9.90 Å². The van der Waals surface area contributed by atoms with Gasteiger partial charge in [-0.3, -0.25) is 9.59 Å². The number of Topliss-reactive ketones (excluding diaryl/α,β-unsaturated/α-hetero) is 1. The number of benzene rings is 2.